The van der Waals surface area contributed by atoms with Gasteiger partial charge in [-0.25, -0.2) is 0 Å². The maximum Gasteiger partial charge on any atom is 0.0140 e. The van der Waals surface area contributed by atoms with E-state index in [1.807, 2.05) is 0 Å². The summed E-state index contributed by atoms with van der Waals surface area (Å²) in [5, 5.41) is 3.62. The fourth-order valence-corrected chi connectivity index (χ4v) is 3.47. The Morgan fingerprint density at radius 1 is 1.00 bits per heavy atom. The van der Waals surface area contributed by atoms with Crippen LogP contribution in [0.1, 0.15) is 58.8 Å². The third-order valence-electron chi connectivity index (χ3n) is 4.55. The molecule has 0 spiro atoms. The molecule has 94 valence electrons. The first-order valence-corrected chi connectivity index (χ1v) is 7.05. The van der Waals surface area contributed by atoms with E-state index in [1.54, 1.807) is 0 Å². The first kappa shape index (κ1) is 12.4. The Hall–Kier alpha value is -0.0800. The third-order valence-corrected chi connectivity index (χ3v) is 4.55. The smallest absolute Gasteiger partial charge is 0.0140 e. The lowest BCUT2D eigenvalue weighted by molar-refractivity contribution is 0.0860. The Labute approximate surface area is 101 Å². The second-order valence-electron chi connectivity index (χ2n) is 6.41. The van der Waals surface area contributed by atoms with Gasteiger partial charge in [-0.2, -0.15) is 0 Å². The predicted octanol–water partition coefficient (Wildman–Crippen LogP) is 2.78. The molecule has 0 bridgehead atoms. The van der Waals surface area contributed by atoms with Gasteiger partial charge in [0, 0.05) is 17.6 Å². The minimum Gasteiger partial charge on any atom is -0.312 e. The molecule has 1 atom stereocenters. The summed E-state index contributed by atoms with van der Waals surface area (Å²) in [4.78, 5) is 2.70. The van der Waals surface area contributed by atoms with Gasteiger partial charge in [0.05, 0.1) is 0 Å². The number of piperidine rings is 1. The van der Waals surface area contributed by atoms with Gasteiger partial charge in [0.2, 0.25) is 0 Å². The minimum absolute atomic E-state index is 0.339. The zero-order valence-electron chi connectivity index (χ0n) is 11.3. The summed E-state index contributed by atoms with van der Waals surface area (Å²) in [5.41, 5.74) is 0.339. The molecule has 1 heterocycles. The molecule has 2 aliphatic rings. The van der Waals surface area contributed by atoms with Crippen LogP contribution < -0.4 is 5.32 Å². The van der Waals surface area contributed by atoms with Crippen LogP contribution >= 0.6 is 0 Å². The summed E-state index contributed by atoms with van der Waals surface area (Å²) in [7, 11) is 2.36. The number of hydrogen-bond acceptors (Lipinski definition) is 2. The van der Waals surface area contributed by atoms with Gasteiger partial charge in [0.25, 0.3) is 0 Å². The third kappa shape index (κ3) is 2.98. The number of hydrogen-bond donors (Lipinski definition) is 1. The van der Waals surface area contributed by atoms with Crippen LogP contribution in [0.5, 0.6) is 0 Å². The van der Waals surface area contributed by atoms with E-state index < -0.39 is 0 Å². The molecule has 0 aromatic heterocycles. The van der Waals surface area contributed by atoms with Crippen molar-refractivity contribution in [1.29, 1.82) is 0 Å². The zero-order chi connectivity index (χ0) is 11.6. The number of rotatable bonds is 2. The molecular weight excluding hydrogens is 196 g/mol. The SMILES string of the molecule is CN(C1CCCCC1)C1CCNC(C)(C)C1. The van der Waals surface area contributed by atoms with Crippen molar-refractivity contribution < 1.29 is 0 Å². The van der Waals surface area contributed by atoms with Crippen LogP contribution in [0.15, 0.2) is 0 Å². The van der Waals surface area contributed by atoms with E-state index in [2.05, 4.69) is 31.1 Å². The van der Waals surface area contributed by atoms with Gasteiger partial charge in [0.15, 0.2) is 0 Å². The maximum atomic E-state index is 3.62. The van der Waals surface area contributed by atoms with Crippen molar-refractivity contribution in [1.82, 2.24) is 10.2 Å². The first-order chi connectivity index (χ1) is 7.58. The lowest BCUT2D eigenvalue weighted by atomic mass is 9.86. The molecule has 1 aliphatic heterocycles. The van der Waals surface area contributed by atoms with Crippen molar-refractivity contribution in [3.05, 3.63) is 0 Å². The predicted molar refractivity (Wildman–Crippen MR) is 69.7 cm³/mol. The minimum atomic E-state index is 0.339. The van der Waals surface area contributed by atoms with E-state index in [1.165, 1.54) is 51.5 Å². The molecule has 1 N–H and O–H groups in total. The standard InChI is InChI=1S/C14H28N2/c1-14(2)11-13(9-10-15-14)16(3)12-7-5-4-6-8-12/h12-13,15H,4-11H2,1-3H3. The fourth-order valence-electron chi connectivity index (χ4n) is 3.47. The zero-order valence-corrected chi connectivity index (χ0v) is 11.3. The lowest BCUT2D eigenvalue weighted by Gasteiger charge is -2.44. The van der Waals surface area contributed by atoms with Gasteiger partial charge in [0.1, 0.15) is 0 Å². The van der Waals surface area contributed by atoms with Gasteiger partial charge >= 0.3 is 0 Å². The summed E-state index contributed by atoms with van der Waals surface area (Å²) < 4.78 is 0. The molecule has 2 nitrogen and oxygen atoms in total. The van der Waals surface area contributed by atoms with Crippen LogP contribution in [-0.4, -0.2) is 36.1 Å². The van der Waals surface area contributed by atoms with E-state index in [4.69, 9.17) is 0 Å². The number of nitrogens with zero attached hydrogens (tertiary/aromatic N) is 1. The summed E-state index contributed by atoms with van der Waals surface area (Å²) in [6, 6.07) is 1.67. The Morgan fingerprint density at radius 3 is 2.31 bits per heavy atom. The average Bonchev–Trinajstić information content (AvgIpc) is 2.28. The first-order valence-electron chi connectivity index (χ1n) is 7.05. The molecule has 0 aromatic carbocycles. The van der Waals surface area contributed by atoms with E-state index in [9.17, 15) is 0 Å². The van der Waals surface area contributed by atoms with Crippen molar-refractivity contribution in [3.8, 4) is 0 Å². The van der Waals surface area contributed by atoms with Crippen LogP contribution in [0.2, 0.25) is 0 Å². The average molecular weight is 224 g/mol. The van der Waals surface area contributed by atoms with Crippen LogP contribution in [0.3, 0.4) is 0 Å². The molecule has 0 radical (unpaired) electrons. The Kier molecular flexibility index (Phi) is 3.91. The summed E-state index contributed by atoms with van der Waals surface area (Å²) in [6.45, 7) is 5.87. The Morgan fingerprint density at radius 2 is 1.69 bits per heavy atom. The Bertz CT molecular complexity index is 219. The second-order valence-corrected chi connectivity index (χ2v) is 6.41. The normalized spacial score (nSPS) is 31.9. The van der Waals surface area contributed by atoms with Crippen molar-refractivity contribution in [3.63, 3.8) is 0 Å². The summed E-state index contributed by atoms with van der Waals surface area (Å²) in [6.07, 6.45) is 9.85. The van der Waals surface area contributed by atoms with E-state index in [0.29, 0.717) is 5.54 Å². The van der Waals surface area contributed by atoms with Crippen molar-refractivity contribution in [2.45, 2.75) is 76.4 Å². The van der Waals surface area contributed by atoms with E-state index in [0.717, 1.165) is 12.1 Å². The van der Waals surface area contributed by atoms with Crippen molar-refractivity contribution in [2.24, 2.45) is 0 Å². The van der Waals surface area contributed by atoms with E-state index >= 15 is 0 Å². The maximum absolute atomic E-state index is 3.62. The molecule has 1 saturated heterocycles. The van der Waals surface area contributed by atoms with Gasteiger partial charge in [-0.15, -0.1) is 0 Å². The molecule has 1 saturated carbocycles. The fraction of sp³-hybridized carbons (Fsp3) is 1.00. The lowest BCUT2D eigenvalue weighted by Crippen LogP contribution is -2.54. The van der Waals surface area contributed by atoms with Gasteiger partial charge in [-0.05, 0) is 53.1 Å². The molecule has 1 aliphatic carbocycles. The monoisotopic (exact) mass is 224 g/mol. The second kappa shape index (κ2) is 5.05. The van der Waals surface area contributed by atoms with Crippen LogP contribution in [0.4, 0.5) is 0 Å². The topological polar surface area (TPSA) is 15.3 Å². The molecule has 2 rings (SSSR count). The van der Waals surface area contributed by atoms with Gasteiger partial charge < -0.3 is 10.2 Å². The Balaban J connectivity index is 1.90. The summed E-state index contributed by atoms with van der Waals surface area (Å²) >= 11 is 0. The highest BCUT2D eigenvalue weighted by Crippen LogP contribution is 2.28. The van der Waals surface area contributed by atoms with Gasteiger partial charge in [-0.3, -0.25) is 0 Å². The molecular formula is C14H28N2. The molecule has 2 fully saturated rings. The van der Waals surface area contributed by atoms with Crippen molar-refractivity contribution >= 4 is 0 Å². The van der Waals surface area contributed by atoms with Crippen molar-refractivity contribution in [2.75, 3.05) is 13.6 Å². The van der Waals surface area contributed by atoms with Crippen LogP contribution in [0, 0.1) is 0 Å². The highest BCUT2D eigenvalue weighted by atomic mass is 15.2. The highest BCUT2D eigenvalue weighted by molar-refractivity contribution is 4.91. The summed E-state index contributed by atoms with van der Waals surface area (Å²) in [5.74, 6) is 0. The number of nitrogens with one attached hydrogen (secondary N) is 1. The van der Waals surface area contributed by atoms with Gasteiger partial charge in [-0.1, -0.05) is 19.3 Å². The largest absolute Gasteiger partial charge is 0.312 e. The van der Waals surface area contributed by atoms with Crippen LogP contribution in [0.25, 0.3) is 0 Å². The molecule has 0 amide bonds. The van der Waals surface area contributed by atoms with Crippen LogP contribution in [-0.2, 0) is 0 Å². The van der Waals surface area contributed by atoms with E-state index in [-0.39, 0.29) is 0 Å². The molecule has 1 unspecified atom stereocenters. The molecule has 2 heteroatoms. The molecule has 0 aromatic rings. The quantitative estimate of drug-likeness (QED) is 0.776. The molecule has 16 heavy (non-hydrogen) atoms. The highest BCUT2D eigenvalue weighted by Gasteiger charge is 2.32.